The summed E-state index contributed by atoms with van der Waals surface area (Å²) < 4.78 is 10.8. The highest BCUT2D eigenvalue weighted by molar-refractivity contribution is 5.80. The second-order valence-corrected chi connectivity index (χ2v) is 4.67. The fraction of sp³-hybridized carbons (Fsp3) is 0.571. The minimum absolute atomic E-state index is 0.105. The molecule has 1 aliphatic heterocycles. The Kier molecular flexibility index (Phi) is 4.37. The quantitative estimate of drug-likeness (QED) is 0.879. The molecule has 1 N–H and O–H groups in total. The lowest BCUT2D eigenvalue weighted by molar-refractivity contribution is -0.126. The molecule has 0 bridgehead atoms. The van der Waals surface area contributed by atoms with Crippen LogP contribution in [0.2, 0.25) is 0 Å². The van der Waals surface area contributed by atoms with Crippen LogP contribution in [0.1, 0.15) is 49.8 Å². The summed E-state index contributed by atoms with van der Waals surface area (Å²) in [6, 6.07) is 1.50. The van der Waals surface area contributed by atoms with Gasteiger partial charge >= 0.3 is 5.63 Å². The number of nitrogens with one attached hydrogen (secondary N) is 1. The summed E-state index contributed by atoms with van der Waals surface area (Å²) in [4.78, 5) is 23.2. The number of fused-ring (bicyclic) bond motifs is 1. The molecule has 1 atom stereocenters. The van der Waals surface area contributed by atoms with Crippen LogP contribution in [0.4, 0.5) is 0 Å². The molecule has 5 nitrogen and oxygen atoms in total. The van der Waals surface area contributed by atoms with E-state index in [0.29, 0.717) is 12.4 Å². The molecular formula is C14H19NO4. The normalized spacial score (nSPS) is 18.0. The number of carbonyl (C=O) groups excluding carboxylic acids is 1. The van der Waals surface area contributed by atoms with Gasteiger partial charge in [-0.15, -0.1) is 0 Å². The average molecular weight is 265 g/mol. The number of hydrogen-bond acceptors (Lipinski definition) is 4. The predicted octanol–water partition coefficient (Wildman–Crippen LogP) is 1.69. The zero-order valence-electron chi connectivity index (χ0n) is 11.3. The largest absolute Gasteiger partial charge is 0.427 e. The van der Waals surface area contributed by atoms with Gasteiger partial charge in [0.2, 0.25) is 5.91 Å². The number of amides is 1. The molecule has 0 aromatic carbocycles. The minimum Gasteiger partial charge on any atom is -0.427 e. The van der Waals surface area contributed by atoms with Crippen molar-refractivity contribution in [2.75, 3.05) is 6.61 Å². The first-order chi connectivity index (χ1) is 9.15. The van der Waals surface area contributed by atoms with E-state index >= 15 is 0 Å². The summed E-state index contributed by atoms with van der Waals surface area (Å²) in [5.41, 5.74) is 1.34. The second kappa shape index (κ2) is 6.02. The van der Waals surface area contributed by atoms with Gasteiger partial charge in [-0.1, -0.05) is 20.3 Å². The van der Waals surface area contributed by atoms with Crippen molar-refractivity contribution >= 4 is 5.91 Å². The summed E-state index contributed by atoms with van der Waals surface area (Å²) in [5, 5.41) is 2.80. The Morgan fingerprint density at radius 2 is 2.16 bits per heavy atom. The molecule has 0 aliphatic carbocycles. The highest BCUT2D eigenvalue weighted by Crippen LogP contribution is 2.27. The molecule has 0 saturated carbocycles. The predicted molar refractivity (Wildman–Crippen MR) is 69.8 cm³/mol. The summed E-state index contributed by atoms with van der Waals surface area (Å²) in [7, 11) is 0. The highest BCUT2D eigenvalue weighted by Gasteiger charge is 2.29. The fourth-order valence-corrected chi connectivity index (χ4v) is 2.30. The molecule has 0 radical (unpaired) electrons. The second-order valence-electron chi connectivity index (χ2n) is 4.67. The average Bonchev–Trinajstić information content (AvgIpc) is 2.35. The van der Waals surface area contributed by atoms with E-state index in [-0.39, 0.29) is 12.3 Å². The Morgan fingerprint density at radius 3 is 2.84 bits per heavy atom. The smallest absolute Gasteiger partial charge is 0.336 e. The van der Waals surface area contributed by atoms with Crippen LogP contribution in [-0.2, 0) is 22.4 Å². The molecule has 1 aliphatic rings. The number of rotatable bonds is 5. The third-order valence-electron chi connectivity index (χ3n) is 3.05. The van der Waals surface area contributed by atoms with Crippen molar-refractivity contribution in [2.24, 2.45) is 0 Å². The molecule has 19 heavy (non-hydrogen) atoms. The van der Waals surface area contributed by atoms with Gasteiger partial charge in [-0.2, -0.15) is 0 Å². The molecule has 104 valence electrons. The van der Waals surface area contributed by atoms with E-state index in [1.807, 2.05) is 13.8 Å². The van der Waals surface area contributed by atoms with E-state index < -0.39 is 11.9 Å². The van der Waals surface area contributed by atoms with Crippen molar-refractivity contribution in [3.8, 4) is 0 Å². The van der Waals surface area contributed by atoms with Crippen molar-refractivity contribution in [3.05, 3.63) is 33.4 Å². The number of carbonyl (C=O) groups is 1. The van der Waals surface area contributed by atoms with Gasteiger partial charge in [0.1, 0.15) is 5.76 Å². The molecule has 0 saturated heterocycles. The molecule has 5 heteroatoms. The Labute approximate surface area is 112 Å². The molecule has 2 heterocycles. The fourth-order valence-electron chi connectivity index (χ4n) is 2.30. The Morgan fingerprint density at radius 1 is 1.37 bits per heavy atom. The van der Waals surface area contributed by atoms with Gasteiger partial charge in [0.25, 0.3) is 0 Å². The maximum absolute atomic E-state index is 11.6. The summed E-state index contributed by atoms with van der Waals surface area (Å²) in [6.07, 6.45) is 2.16. The van der Waals surface area contributed by atoms with Crippen LogP contribution < -0.4 is 10.9 Å². The van der Waals surface area contributed by atoms with Gasteiger partial charge in [0, 0.05) is 18.2 Å². The third-order valence-corrected chi connectivity index (χ3v) is 3.05. The van der Waals surface area contributed by atoms with Gasteiger partial charge < -0.3 is 14.5 Å². The molecule has 2 rings (SSSR count). The Balaban J connectivity index is 2.43. The van der Waals surface area contributed by atoms with Crippen LogP contribution >= 0.6 is 0 Å². The van der Waals surface area contributed by atoms with Crippen molar-refractivity contribution in [3.63, 3.8) is 0 Å². The molecule has 0 spiro atoms. The molecule has 1 aromatic rings. The lowest BCUT2D eigenvalue weighted by atomic mass is 9.98. The van der Waals surface area contributed by atoms with Crippen molar-refractivity contribution in [1.29, 1.82) is 0 Å². The van der Waals surface area contributed by atoms with Gasteiger partial charge in [-0.25, -0.2) is 4.79 Å². The molecule has 0 fully saturated rings. The van der Waals surface area contributed by atoms with E-state index in [1.165, 1.54) is 6.07 Å². The first-order valence-electron chi connectivity index (χ1n) is 6.72. The lowest BCUT2D eigenvalue weighted by Gasteiger charge is -2.27. The first-order valence-corrected chi connectivity index (χ1v) is 6.72. The SMILES string of the molecule is CCCOC1NC(=O)Cc2oc(=O)cc(CCC)c21. The van der Waals surface area contributed by atoms with Crippen LogP contribution in [-0.4, -0.2) is 12.5 Å². The van der Waals surface area contributed by atoms with E-state index in [1.54, 1.807) is 0 Å². The first kappa shape index (κ1) is 13.8. The van der Waals surface area contributed by atoms with Gasteiger partial charge in [-0.05, 0) is 18.4 Å². The summed E-state index contributed by atoms with van der Waals surface area (Å²) in [5.74, 6) is 0.270. The Hall–Kier alpha value is -1.62. The third kappa shape index (κ3) is 3.04. The van der Waals surface area contributed by atoms with Crippen LogP contribution in [0.3, 0.4) is 0 Å². The minimum atomic E-state index is -0.498. The van der Waals surface area contributed by atoms with E-state index in [0.717, 1.165) is 30.4 Å². The lowest BCUT2D eigenvalue weighted by Crippen LogP contribution is -2.38. The maximum atomic E-state index is 11.6. The van der Waals surface area contributed by atoms with Gasteiger partial charge in [-0.3, -0.25) is 4.79 Å². The maximum Gasteiger partial charge on any atom is 0.336 e. The van der Waals surface area contributed by atoms with E-state index in [4.69, 9.17) is 9.15 Å². The van der Waals surface area contributed by atoms with Crippen LogP contribution in [0, 0.1) is 0 Å². The molecule has 1 amide bonds. The zero-order valence-corrected chi connectivity index (χ0v) is 11.3. The van der Waals surface area contributed by atoms with Gasteiger partial charge in [0.15, 0.2) is 6.23 Å². The van der Waals surface area contributed by atoms with Crippen molar-refractivity contribution in [1.82, 2.24) is 5.32 Å². The van der Waals surface area contributed by atoms with Crippen LogP contribution in [0.25, 0.3) is 0 Å². The van der Waals surface area contributed by atoms with Crippen molar-refractivity contribution < 1.29 is 13.9 Å². The Bertz CT molecular complexity index is 521. The monoisotopic (exact) mass is 265 g/mol. The standard InChI is InChI=1S/C14H19NO4/c1-3-5-9-7-12(17)19-10-8-11(16)15-14(13(9)10)18-6-4-2/h7,14H,3-6,8H2,1-2H3,(H,15,16). The highest BCUT2D eigenvalue weighted by atomic mass is 16.5. The van der Waals surface area contributed by atoms with E-state index in [9.17, 15) is 9.59 Å². The summed E-state index contributed by atoms with van der Waals surface area (Å²) >= 11 is 0. The van der Waals surface area contributed by atoms with Gasteiger partial charge in [0.05, 0.1) is 6.42 Å². The topological polar surface area (TPSA) is 68.5 Å². The number of hydrogen-bond donors (Lipinski definition) is 1. The van der Waals surface area contributed by atoms with E-state index in [2.05, 4.69) is 5.32 Å². The molecule has 1 aromatic heterocycles. The molecular weight excluding hydrogens is 246 g/mol. The summed E-state index contributed by atoms with van der Waals surface area (Å²) in [6.45, 7) is 4.60. The molecule has 1 unspecified atom stereocenters. The van der Waals surface area contributed by atoms with Crippen molar-refractivity contribution in [2.45, 2.75) is 45.8 Å². The van der Waals surface area contributed by atoms with Crippen LogP contribution in [0.5, 0.6) is 0 Å². The van der Waals surface area contributed by atoms with Crippen LogP contribution in [0.15, 0.2) is 15.3 Å². The number of aryl methyl sites for hydroxylation is 1. The zero-order chi connectivity index (χ0) is 13.8. The number of ether oxygens (including phenoxy) is 1.